The zero-order chi connectivity index (χ0) is 21.6. The Morgan fingerprint density at radius 2 is 1.89 bits per heavy atom. The van der Waals surface area contributed by atoms with Crippen LogP contribution < -0.4 is 4.74 Å². The van der Waals surface area contributed by atoms with Crippen LogP contribution in [0.2, 0.25) is 0 Å². The first kappa shape index (κ1) is 22.6. The third kappa shape index (κ3) is 5.30. The SMILES string of the molecule is CCN(CC)C(=O)/C(C#N)=C/c1cc(O)c(OC(=O)C(C)(C)C)c([N+](=O)[O-])c1. The molecule has 0 radical (unpaired) electrons. The van der Waals surface area contributed by atoms with E-state index in [1.807, 2.05) is 0 Å². The van der Waals surface area contributed by atoms with Gasteiger partial charge in [0.15, 0.2) is 5.75 Å². The third-order valence-electron chi connectivity index (χ3n) is 3.79. The molecule has 1 aromatic carbocycles. The number of phenolic OH excluding ortho intramolecular Hbond substituents is 1. The lowest BCUT2D eigenvalue weighted by Gasteiger charge is -2.18. The number of esters is 1. The lowest BCUT2D eigenvalue weighted by Crippen LogP contribution is -2.31. The van der Waals surface area contributed by atoms with Crippen molar-refractivity contribution in [3.63, 3.8) is 0 Å². The van der Waals surface area contributed by atoms with Gasteiger partial charge in [-0.1, -0.05) is 0 Å². The van der Waals surface area contributed by atoms with E-state index in [2.05, 4.69) is 0 Å². The van der Waals surface area contributed by atoms with Gasteiger partial charge in [-0.3, -0.25) is 19.7 Å². The standard InChI is InChI=1S/C19H23N3O6/c1-6-21(7-2)17(24)13(11-20)8-12-9-14(22(26)27)16(15(23)10-12)28-18(25)19(3,4)5/h8-10,23H,6-7H2,1-5H3/b13-8+. The number of hydrogen-bond donors (Lipinski definition) is 1. The summed E-state index contributed by atoms with van der Waals surface area (Å²) in [5, 5.41) is 30.8. The summed E-state index contributed by atoms with van der Waals surface area (Å²) < 4.78 is 5.02. The van der Waals surface area contributed by atoms with E-state index < -0.39 is 39.4 Å². The van der Waals surface area contributed by atoms with E-state index in [-0.39, 0.29) is 11.1 Å². The molecule has 0 unspecified atom stereocenters. The number of carbonyl (C=O) groups excluding carboxylic acids is 2. The lowest BCUT2D eigenvalue weighted by molar-refractivity contribution is -0.385. The normalized spacial score (nSPS) is 11.5. The number of benzene rings is 1. The second-order valence-corrected chi connectivity index (χ2v) is 6.93. The topological polar surface area (TPSA) is 134 Å². The van der Waals surface area contributed by atoms with Crippen molar-refractivity contribution in [1.29, 1.82) is 5.26 Å². The molecular weight excluding hydrogens is 366 g/mol. The molecule has 0 aliphatic carbocycles. The summed E-state index contributed by atoms with van der Waals surface area (Å²) in [6.45, 7) is 8.98. The predicted octanol–water partition coefficient (Wildman–Crippen LogP) is 3.03. The summed E-state index contributed by atoms with van der Waals surface area (Å²) in [6, 6.07) is 3.88. The van der Waals surface area contributed by atoms with Crippen LogP contribution in [0.15, 0.2) is 17.7 Å². The van der Waals surface area contributed by atoms with E-state index in [0.29, 0.717) is 13.1 Å². The van der Waals surface area contributed by atoms with E-state index in [1.54, 1.807) is 40.7 Å². The number of carbonyl (C=O) groups is 2. The number of ether oxygens (including phenoxy) is 1. The van der Waals surface area contributed by atoms with Crippen molar-refractivity contribution in [2.75, 3.05) is 13.1 Å². The number of aromatic hydroxyl groups is 1. The van der Waals surface area contributed by atoms with Crippen LogP contribution in [0.25, 0.3) is 6.08 Å². The highest BCUT2D eigenvalue weighted by Crippen LogP contribution is 2.39. The number of nitriles is 1. The van der Waals surface area contributed by atoms with Gasteiger partial charge in [0, 0.05) is 19.2 Å². The maximum atomic E-state index is 12.3. The molecule has 1 rings (SSSR count). The number of rotatable bonds is 6. The highest BCUT2D eigenvalue weighted by atomic mass is 16.6. The largest absolute Gasteiger partial charge is 0.504 e. The van der Waals surface area contributed by atoms with E-state index in [9.17, 15) is 30.1 Å². The molecule has 9 nitrogen and oxygen atoms in total. The fourth-order valence-electron chi connectivity index (χ4n) is 2.18. The molecule has 0 spiro atoms. The highest BCUT2D eigenvalue weighted by molar-refractivity contribution is 6.01. The maximum absolute atomic E-state index is 12.3. The van der Waals surface area contributed by atoms with E-state index in [1.165, 1.54) is 4.90 Å². The van der Waals surface area contributed by atoms with Gasteiger partial charge in [0.25, 0.3) is 5.91 Å². The highest BCUT2D eigenvalue weighted by Gasteiger charge is 2.30. The Bertz CT molecular complexity index is 858. The number of phenols is 1. The minimum atomic E-state index is -0.941. The molecule has 0 saturated carbocycles. The van der Waals surface area contributed by atoms with Crippen molar-refractivity contribution in [2.45, 2.75) is 34.6 Å². The van der Waals surface area contributed by atoms with Gasteiger partial charge in [0.2, 0.25) is 5.75 Å². The zero-order valence-electron chi connectivity index (χ0n) is 16.5. The molecule has 0 aliphatic rings. The fourth-order valence-corrected chi connectivity index (χ4v) is 2.18. The van der Waals surface area contributed by atoms with Crippen molar-refractivity contribution in [3.05, 3.63) is 33.4 Å². The van der Waals surface area contributed by atoms with E-state index in [0.717, 1.165) is 18.2 Å². The van der Waals surface area contributed by atoms with Gasteiger partial charge in [0.1, 0.15) is 11.6 Å². The summed E-state index contributed by atoms with van der Waals surface area (Å²) >= 11 is 0. The molecule has 0 aliphatic heterocycles. The molecule has 150 valence electrons. The molecular formula is C19H23N3O6. The average molecular weight is 389 g/mol. The van der Waals surface area contributed by atoms with Crippen molar-refractivity contribution >= 4 is 23.6 Å². The number of nitrogens with zero attached hydrogens (tertiary/aromatic N) is 3. The summed E-state index contributed by atoms with van der Waals surface area (Å²) in [7, 11) is 0. The Balaban J connectivity index is 3.45. The number of nitro groups is 1. The average Bonchev–Trinajstić information content (AvgIpc) is 2.61. The molecule has 0 atom stereocenters. The smallest absolute Gasteiger partial charge is 0.316 e. The van der Waals surface area contributed by atoms with Crippen LogP contribution in [0.3, 0.4) is 0 Å². The van der Waals surface area contributed by atoms with Gasteiger partial charge in [0.05, 0.1) is 10.3 Å². The number of amides is 1. The van der Waals surface area contributed by atoms with Gasteiger partial charge >= 0.3 is 11.7 Å². The Morgan fingerprint density at radius 3 is 2.32 bits per heavy atom. The van der Waals surface area contributed by atoms with Crippen molar-refractivity contribution in [2.24, 2.45) is 5.41 Å². The van der Waals surface area contributed by atoms with Gasteiger partial charge in [-0.2, -0.15) is 5.26 Å². The van der Waals surface area contributed by atoms with Crippen LogP contribution in [-0.4, -0.2) is 39.9 Å². The number of nitro benzene ring substituents is 1. The first-order chi connectivity index (χ1) is 13.0. The van der Waals surface area contributed by atoms with Crippen LogP contribution in [-0.2, 0) is 9.59 Å². The fraction of sp³-hybridized carbons (Fsp3) is 0.421. The molecule has 0 aromatic heterocycles. The van der Waals surface area contributed by atoms with E-state index >= 15 is 0 Å². The van der Waals surface area contributed by atoms with Crippen molar-refractivity contribution in [3.8, 4) is 17.6 Å². The number of likely N-dealkylation sites (N-methyl/N-ethyl adjacent to an activating group) is 1. The Labute approximate surface area is 163 Å². The van der Waals surface area contributed by atoms with Gasteiger partial charge < -0.3 is 14.7 Å². The predicted molar refractivity (Wildman–Crippen MR) is 101 cm³/mol. The second kappa shape index (κ2) is 8.99. The minimum absolute atomic E-state index is 0.0526. The summed E-state index contributed by atoms with van der Waals surface area (Å²) in [6.07, 6.45) is 1.14. The quantitative estimate of drug-likeness (QED) is 0.197. The molecule has 0 bridgehead atoms. The summed E-state index contributed by atoms with van der Waals surface area (Å²) in [5.41, 5.74) is -1.78. The monoisotopic (exact) mass is 389 g/mol. The first-order valence-electron chi connectivity index (χ1n) is 8.60. The number of hydrogen-bond acceptors (Lipinski definition) is 7. The van der Waals surface area contributed by atoms with Crippen molar-refractivity contribution in [1.82, 2.24) is 4.90 Å². The van der Waals surface area contributed by atoms with Gasteiger partial charge in [-0.25, -0.2) is 0 Å². The third-order valence-corrected chi connectivity index (χ3v) is 3.79. The van der Waals surface area contributed by atoms with Crippen LogP contribution >= 0.6 is 0 Å². The molecule has 1 aromatic rings. The minimum Gasteiger partial charge on any atom is -0.504 e. The van der Waals surface area contributed by atoms with E-state index in [4.69, 9.17) is 4.74 Å². The van der Waals surface area contributed by atoms with Gasteiger partial charge in [-0.15, -0.1) is 0 Å². The molecule has 1 N–H and O–H groups in total. The van der Waals surface area contributed by atoms with Crippen LogP contribution in [0.4, 0.5) is 5.69 Å². The molecule has 1 amide bonds. The molecule has 9 heteroatoms. The van der Waals surface area contributed by atoms with Crippen LogP contribution in [0.5, 0.6) is 11.5 Å². The second-order valence-electron chi connectivity index (χ2n) is 6.93. The zero-order valence-corrected chi connectivity index (χ0v) is 16.5. The first-order valence-corrected chi connectivity index (χ1v) is 8.60. The summed E-state index contributed by atoms with van der Waals surface area (Å²) in [5.74, 6) is -2.53. The molecule has 0 saturated heterocycles. The molecule has 0 fully saturated rings. The Morgan fingerprint density at radius 1 is 1.32 bits per heavy atom. The van der Waals surface area contributed by atoms with Crippen LogP contribution in [0.1, 0.15) is 40.2 Å². The Kier molecular flexibility index (Phi) is 7.27. The van der Waals surface area contributed by atoms with Gasteiger partial charge in [-0.05, 0) is 52.3 Å². The maximum Gasteiger partial charge on any atom is 0.316 e. The Hall–Kier alpha value is -3.41. The molecule has 0 heterocycles. The summed E-state index contributed by atoms with van der Waals surface area (Å²) in [4.78, 5) is 36.4. The lowest BCUT2D eigenvalue weighted by atomic mass is 9.97. The van der Waals surface area contributed by atoms with Crippen LogP contribution in [0, 0.1) is 26.9 Å². The molecule has 28 heavy (non-hydrogen) atoms. The van der Waals surface area contributed by atoms with Crippen molar-refractivity contribution < 1.29 is 24.4 Å².